The van der Waals surface area contributed by atoms with Crippen molar-refractivity contribution < 1.29 is 14.3 Å². The van der Waals surface area contributed by atoms with Gasteiger partial charge in [-0.2, -0.15) is 0 Å². The van der Waals surface area contributed by atoms with Gasteiger partial charge in [0.1, 0.15) is 0 Å². The minimum absolute atomic E-state index is 0.423. The molecule has 0 saturated heterocycles. The number of halogens is 1. The molecule has 1 aromatic carbocycles. The van der Waals surface area contributed by atoms with E-state index in [-0.39, 0.29) is 0 Å². The Morgan fingerprint density at radius 2 is 2.35 bits per heavy atom. The van der Waals surface area contributed by atoms with Gasteiger partial charge >= 0.3 is 0 Å². The van der Waals surface area contributed by atoms with E-state index in [0.29, 0.717) is 28.5 Å². The quantitative estimate of drug-likeness (QED) is 0.881. The number of methoxy groups -OCH3 is 1. The summed E-state index contributed by atoms with van der Waals surface area (Å²) >= 11 is 6.24. The molecule has 17 heavy (non-hydrogen) atoms. The van der Waals surface area contributed by atoms with E-state index in [1.807, 2.05) is 0 Å². The number of fused-ring (bicyclic) bond motifs is 1. The molecular weight excluding hydrogens is 242 g/mol. The van der Waals surface area contributed by atoms with E-state index in [1.165, 1.54) is 0 Å². The fourth-order valence-electron chi connectivity index (χ4n) is 1.80. The van der Waals surface area contributed by atoms with Crippen molar-refractivity contribution in [1.29, 1.82) is 0 Å². The number of aliphatic hydroxyl groups excluding tert-OH is 1. The van der Waals surface area contributed by atoms with E-state index in [2.05, 4.69) is 5.32 Å². The number of hydrogen-bond donors (Lipinski definition) is 2. The van der Waals surface area contributed by atoms with Crippen LogP contribution in [0, 0.1) is 0 Å². The molecule has 2 rings (SSSR count). The van der Waals surface area contributed by atoms with Crippen LogP contribution in [0.4, 0.5) is 0 Å². The van der Waals surface area contributed by atoms with Crippen LogP contribution in [-0.2, 0) is 0 Å². The largest absolute Gasteiger partial charge is 0.493 e. The smallest absolute Gasteiger partial charge is 0.177 e. The van der Waals surface area contributed by atoms with Crippen molar-refractivity contribution >= 4 is 22.6 Å². The van der Waals surface area contributed by atoms with Crippen LogP contribution >= 0.6 is 11.6 Å². The molecule has 0 aliphatic heterocycles. The zero-order valence-corrected chi connectivity index (χ0v) is 10.4. The number of ether oxygens (including phenoxy) is 1. The maximum atomic E-state index is 9.99. The summed E-state index contributed by atoms with van der Waals surface area (Å²) in [6, 6.07) is 3.46. The van der Waals surface area contributed by atoms with Gasteiger partial charge in [-0.05, 0) is 19.2 Å². The average Bonchev–Trinajstić information content (AvgIpc) is 2.79. The first kappa shape index (κ1) is 12.2. The summed E-state index contributed by atoms with van der Waals surface area (Å²) in [7, 11) is 3.32. The summed E-state index contributed by atoms with van der Waals surface area (Å²) in [5, 5.41) is 14.1. The van der Waals surface area contributed by atoms with E-state index in [4.69, 9.17) is 20.8 Å². The van der Waals surface area contributed by atoms with E-state index < -0.39 is 6.10 Å². The van der Waals surface area contributed by atoms with Gasteiger partial charge in [-0.1, -0.05) is 11.6 Å². The number of nitrogens with one attached hydrogen (secondary N) is 1. The molecule has 1 heterocycles. The van der Waals surface area contributed by atoms with Gasteiger partial charge in [0.15, 0.2) is 11.3 Å². The molecular formula is C12H14ClNO3. The number of likely N-dealkylation sites (N-methyl/N-ethyl adjacent to an activating group) is 1. The molecule has 4 nitrogen and oxygen atoms in total. The lowest BCUT2D eigenvalue weighted by atomic mass is 10.1. The first-order valence-corrected chi connectivity index (χ1v) is 5.63. The summed E-state index contributed by atoms with van der Waals surface area (Å²) in [6.45, 7) is 0.423. The molecule has 0 aliphatic carbocycles. The summed E-state index contributed by atoms with van der Waals surface area (Å²) in [6.07, 6.45) is 0.869. The Labute approximate surface area is 104 Å². The molecule has 0 bridgehead atoms. The third-order valence-electron chi connectivity index (χ3n) is 2.64. The number of hydrogen-bond acceptors (Lipinski definition) is 4. The van der Waals surface area contributed by atoms with Gasteiger partial charge in [-0.25, -0.2) is 0 Å². The van der Waals surface area contributed by atoms with E-state index in [0.717, 1.165) is 5.39 Å². The fourth-order valence-corrected chi connectivity index (χ4v) is 2.13. The van der Waals surface area contributed by atoms with Gasteiger partial charge in [-0.15, -0.1) is 0 Å². The van der Waals surface area contributed by atoms with Crippen molar-refractivity contribution in [1.82, 2.24) is 5.32 Å². The zero-order chi connectivity index (χ0) is 12.4. The Bertz CT molecular complexity index is 524. The molecule has 0 spiro atoms. The van der Waals surface area contributed by atoms with Crippen LogP contribution in [0.25, 0.3) is 11.0 Å². The molecule has 1 unspecified atom stereocenters. The molecule has 2 aromatic rings. The van der Waals surface area contributed by atoms with Gasteiger partial charge in [0.05, 0.1) is 24.5 Å². The van der Waals surface area contributed by atoms with Gasteiger partial charge < -0.3 is 19.6 Å². The third kappa shape index (κ3) is 2.11. The Morgan fingerprint density at radius 3 is 3.00 bits per heavy atom. The third-order valence-corrected chi connectivity index (χ3v) is 3.06. The predicted octanol–water partition coefficient (Wildman–Crippen LogP) is 2.35. The minimum atomic E-state index is -0.680. The Morgan fingerprint density at radius 1 is 1.59 bits per heavy atom. The van der Waals surface area contributed by atoms with Crippen molar-refractivity contribution in [3.63, 3.8) is 0 Å². The first-order chi connectivity index (χ1) is 8.19. The van der Waals surface area contributed by atoms with E-state index in [9.17, 15) is 5.11 Å². The highest BCUT2D eigenvalue weighted by Gasteiger charge is 2.18. The predicted molar refractivity (Wildman–Crippen MR) is 66.7 cm³/mol. The second kappa shape index (κ2) is 4.96. The number of furan rings is 1. The van der Waals surface area contributed by atoms with E-state index >= 15 is 0 Å². The lowest BCUT2D eigenvalue weighted by molar-refractivity contribution is 0.177. The molecule has 0 fully saturated rings. The van der Waals surface area contributed by atoms with Crippen LogP contribution in [0.2, 0.25) is 5.02 Å². The molecule has 2 N–H and O–H groups in total. The van der Waals surface area contributed by atoms with Crippen LogP contribution in [0.15, 0.2) is 22.8 Å². The van der Waals surface area contributed by atoms with E-state index in [1.54, 1.807) is 32.6 Å². The Balaban J connectivity index is 2.59. The van der Waals surface area contributed by atoms with Crippen LogP contribution in [-0.4, -0.2) is 25.8 Å². The van der Waals surface area contributed by atoms with Crippen LogP contribution in [0.5, 0.6) is 5.75 Å². The van der Waals surface area contributed by atoms with Crippen LogP contribution in [0.1, 0.15) is 11.7 Å². The molecule has 0 saturated carbocycles. The average molecular weight is 256 g/mol. The normalized spacial score (nSPS) is 12.9. The SMILES string of the molecule is CNCC(O)c1cc(OC)c2occc2c1Cl. The molecule has 0 aliphatic rings. The van der Waals surface area contributed by atoms with Gasteiger partial charge in [0, 0.05) is 17.5 Å². The van der Waals surface area contributed by atoms with Crippen LogP contribution < -0.4 is 10.1 Å². The summed E-state index contributed by atoms with van der Waals surface area (Å²) < 4.78 is 10.5. The monoisotopic (exact) mass is 255 g/mol. The lowest BCUT2D eigenvalue weighted by Gasteiger charge is -2.14. The fraction of sp³-hybridized carbons (Fsp3) is 0.333. The Kier molecular flexibility index (Phi) is 3.57. The molecule has 92 valence electrons. The molecule has 5 heteroatoms. The number of aliphatic hydroxyl groups is 1. The second-order valence-corrected chi connectivity index (χ2v) is 4.10. The standard InChI is InChI=1S/C12H14ClNO3/c1-14-6-9(15)8-5-10(16-2)12-7(11(8)13)3-4-17-12/h3-5,9,14-15H,6H2,1-2H3. The van der Waals surface area contributed by atoms with Crippen molar-refractivity contribution in [2.75, 3.05) is 20.7 Å². The molecule has 0 radical (unpaired) electrons. The molecule has 1 atom stereocenters. The summed E-state index contributed by atoms with van der Waals surface area (Å²) in [4.78, 5) is 0. The zero-order valence-electron chi connectivity index (χ0n) is 9.66. The first-order valence-electron chi connectivity index (χ1n) is 5.25. The highest BCUT2D eigenvalue weighted by molar-refractivity contribution is 6.36. The van der Waals surface area contributed by atoms with Crippen molar-refractivity contribution in [2.45, 2.75) is 6.10 Å². The highest BCUT2D eigenvalue weighted by Crippen LogP contribution is 2.37. The highest BCUT2D eigenvalue weighted by atomic mass is 35.5. The lowest BCUT2D eigenvalue weighted by Crippen LogP contribution is -2.17. The minimum Gasteiger partial charge on any atom is -0.493 e. The Hall–Kier alpha value is -1.23. The topological polar surface area (TPSA) is 54.6 Å². The number of benzene rings is 1. The van der Waals surface area contributed by atoms with Crippen molar-refractivity contribution in [2.24, 2.45) is 0 Å². The number of rotatable bonds is 4. The maximum absolute atomic E-state index is 9.99. The van der Waals surface area contributed by atoms with Crippen LogP contribution in [0.3, 0.4) is 0 Å². The summed E-state index contributed by atoms with van der Waals surface area (Å²) in [5.41, 5.74) is 1.23. The second-order valence-electron chi connectivity index (χ2n) is 3.72. The molecule has 0 amide bonds. The molecule has 1 aromatic heterocycles. The maximum Gasteiger partial charge on any atom is 0.177 e. The van der Waals surface area contributed by atoms with Crippen molar-refractivity contribution in [3.8, 4) is 5.75 Å². The summed E-state index contributed by atoms with van der Waals surface area (Å²) in [5.74, 6) is 0.569. The van der Waals surface area contributed by atoms with Gasteiger partial charge in [0.25, 0.3) is 0 Å². The van der Waals surface area contributed by atoms with Gasteiger partial charge in [-0.3, -0.25) is 0 Å². The van der Waals surface area contributed by atoms with Crippen molar-refractivity contribution in [3.05, 3.63) is 29.0 Å². The van der Waals surface area contributed by atoms with Gasteiger partial charge in [0.2, 0.25) is 0 Å².